The molecule has 0 spiro atoms. The topological polar surface area (TPSA) is 76.2 Å². The SMILES string of the molecule is Cc1occc1-c1nnc(SCC(=O)N(c2ccc(Nc3ccccc3)cc2)C(C)C)n1C. The summed E-state index contributed by atoms with van der Waals surface area (Å²) in [6.07, 6.45) is 1.64. The molecule has 2 aromatic carbocycles. The lowest BCUT2D eigenvalue weighted by Crippen LogP contribution is -2.38. The molecule has 2 heterocycles. The van der Waals surface area contributed by atoms with Gasteiger partial charge in [0.05, 0.1) is 17.6 Å². The molecule has 1 N–H and O–H groups in total. The van der Waals surface area contributed by atoms with Gasteiger partial charge < -0.3 is 19.2 Å². The van der Waals surface area contributed by atoms with Gasteiger partial charge in [-0.1, -0.05) is 30.0 Å². The van der Waals surface area contributed by atoms with Gasteiger partial charge in [-0.3, -0.25) is 4.79 Å². The number of nitrogens with one attached hydrogen (secondary N) is 1. The highest BCUT2D eigenvalue weighted by Gasteiger charge is 2.21. The van der Waals surface area contributed by atoms with Crippen LogP contribution in [0.5, 0.6) is 0 Å². The Kier molecular flexibility index (Phi) is 6.84. The quantitative estimate of drug-likeness (QED) is 0.341. The molecule has 0 radical (unpaired) electrons. The van der Waals surface area contributed by atoms with Gasteiger partial charge in [0.15, 0.2) is 11.0 Å². The number of furan rings is 1. The highest BCUT2D eigenvalue weighted by Crippen LogP contribution is 2.27. The molecule has 170 valence electrons. The standard InChI is InChI=1S/C25H27N5O2S/c1-17(2)30(21-12-10-20(11-13-21)26-19-8-6-5-7-9-19)23(31)16-33-25-28-27-24(29(25)4)22-14-15-32-18(22)3/h5-15,17,26H,16H2,1-4H3. The number of thioether (sulfide) groups is 1. The fraction of sp³-hybridized carbons (Fsp3) is 0.240. The number of anilines is 3. The molecule has 1 amide bonds. The maximum Gasteiger partial charge on any atom is 0.237 e. The molecule has 33 heavy (non-hydrogen) atoms. The average Bonchev–Trinajstić information content (AvgIpc) is 3.39. The number of carbonyl (C=O) groups is 1. The van der Waals surface area contributed by atoms with E-state index in [1.54, 1.807) is 6.26 Å². The lowest BCUT2D eigenvalue weighted by Gasteiger charge is -2.27. The van der Waals surface area contributed by atoms with Crippen LogP contribution in [0.3, 0.4) is 0 Å². The highest BCUT2D eigenvalue weighted by molar-refractivity contribution is 7.99. The summed E-state index contributed by atoms with van der Waals surface area (Å²) < 4.78 is 7.27. The maximum absolute atomic E-state index is 13.2. The van der Waals surface area contributed by atoms with Gasteiger partial charge in [-0.2, -0.15) is 0 Å². The van der Waals surface area contributed by atoms with Crippen LogP contribution in [-0.4, -0.2) is 32.5 Å². The normalized spacial score (nSPS) is 11.1. The minimum absolute atomic E-state index is 0.0165. The van der Waals surface area contributed by atoms with Crippen LogP contribution in [0.4, 0.5) is 17.1 Å². The number of carbonyl (C=O) groups excluding carboxylic acids is 1. The van der Waals surface area contributed by atoms with Gasteiger partial charge in [-0.05, 0) is 63.2 Å². The minimum atomic E-state index is 0.0165. The van der Waals surface area contributed by atoms with Crippen molar-refractivity contribution in [1.29, 1.82) is 0 Å². The van der Waals surface area contributed by atoms with E-state index >= 15 is 0 Å². The molecule has 0 saturated heterocycles. The van der Waals surface area contributed by atoms with Gasteiger partial charge in [0.1, 0.15) is 5.76 Å². The molecule has 0 aliphatic heterocycles. The van der Waals surface area contributed by atoms with Crippen LogP contribution in [0.1, 0.15) is 19.6 Å². The molecule has 0 aliphatic carbocycles. The van der Waals surface area contributed by atoms with E-state index in [2.05, 4.69) is 15.5 Å². The Balaban J connectivity index is 1.44. The zero-order valence-electron chi connectivity index (χ0n) is 19.1. The van der Waals surface area contributed by atoms with Crippen molar-refractivity contribution in [3.63, 3.8) is 0 Å². The second-order valence-corrected chi connectivity index (χ2v) is 8.88. The highest BCUT2D eigenvalue weighted by atomic mass is 32.2. The third kappa shape index (κ3) is 5.12. The Labute approximate surface area is 197 Å². The van der Waals surface area contributed by atoms with Crippen molar-refractivity contribution >= 4 is 34.7 Å². The largest absolute Gasteiger partial charge is 0.469 e. The number of aromatic nitrogens is 3. The second kappa shape index (κ2) is 9.95. The molecular formula is C25H27N5O2S. The van der Waals surface area contributed by atoms with Crippen molar-refractivity contribution in [3.8, 4) is 11.4 Å². The van der Waals surface area contributed by atoms with Crippen LogP contribution in [0.15, 0.2) is 76.5 Å². The number of benzene rings is 2. The Morgan fingerprint density at radius 1 is 1.06 bits per heavy atom. The number of hydrogen-bond donors (Lipinski definition) is 1. The first-order valence-corrected chi connectivity index (χ1v) is 11.7. The van der Waals surface area contributed by atoms with Crippen LogP contribution in [0.25, 0.3) is 11.4 Å². The Hall–Kier alpha value is -3.52. The second-order valence-electron chi connectivity index (χ2n) is 7.94. The number of aryl methyl sites for hydroxylation is 1. The summed E-state index contributed by atoms with van der Waals surface area (Å²) >= 11 is 1.38. The summed E-state index contributed by atoms with van der Waals surface area (Å²) in [4.78, 5) is 15.0. The zero-order chi connectivity index (χ0) is 23.4. The third-order valence-corrected chi connectivity index (χ3v) is 6.26. The summed E-state index contributed by atoms with van der Waals surface area (Å²) in [6.45, 7) is 5.92. The number of para-hydroxylation sites is 1. The van der Waals surface area contributed by atoms with Crippen molar-refractivity contribution in [2.24, 2.45) is 7.05 Å². The molecule has 8 heteroatoms. The maximum atomic E-state index is 13.2. The molecule has 2 aromatic heterocycles. The predicted molar refractivity (Wildman–Crippen MR) is 133 cm³/mol. The average molecular weight is 462 g/mol. The molecule has 0 saturated carbocycles. The van der Waals surface area contributed by atoms with Gasteiger partial charge in [0, 0.05) is 30.2 Å². The van der Waals surface area contributed by atoms with Crippen LogP contribution in [-0.2, 0) is 11.8 Å². The first-order valence-electron chi connectivity index (χ1n) is 10.7. The number of rotatable bonds is 8. The van der Waals surface area contributed by atoms with Crippen LogP contribution in [0, 0.1) is 6.92 Å². The fourth-order valence-corrected chi connectivity index (χ4v) is 4.38. The smallest absolute Gasteiger partial charge is 0.237 e. The molecule has 0 fully saturated rings. The Morgan fingerprint density at radius 2 is 1.76 bits per heavy atom. The molecule has 0 unspecified atom stereocenters. The number of nitrogens with zero attached hydrogens (tertiary/aromatic N) is 4. The number of amides is 1. The van der Waals surface area contributed by atoms with Gasteiger partial charge >= 0.3 is 0 Å². The molecule has 0 aliphatic rings. The van der Waals surface area contributed by atoms with Gasteiger partial charge in [0.2, 0.25) is 5.91 Å². The summed E-state index contributed by atoms with van der Waals surface area (Å²) in [5.41, 5.74) is 3.75. The molecule has 4 rings (SSSR count). The summed E-state index contributed by atoms with van der Waals surface area (Å²) in [5.74, 6) is 1.79. The van der Waals surface area contributed by atoms with E-state index in [4.69, 9.17) is 4.42 Å². The summed E-state index contributed by atoms with van der Waals surface area (Å²) in [7, 11) is 1.90. The molecule has 0 atom stereocenters. The first-order chi connectivity index (χ1) is 15.9. The van der Waals surface area contributed by atoms with E-state index in [1.165, 1.54) is 11.8 Å². The van der Waals surface area contributed by atoms with Crippen molar-refractivity contribution in [2.75, 3.05) is 16.0 Å². The lowest BCUT2D eigenvalue weighted by atomic mass is 10.2. The first kappa shape index (κ1) is 22.7. The minimum Gasteiger partial charge on any atom is -0.469 e. The van der Waals surface area contributed by atoms with E-state index < -0.39 is 0 Å². The van der Waals surface area contributed by atoms with E-state index in [1.807, 2.05) is 97.9 Å². The lowest BCUT2D eigenvalue weighted by molar-refractivity contribution is -0.116. The summed E-state index contributed by atoms with van der Waals surface area (Å²) in [6, 6.07) is 19.8. The zero-order valence-corrected chi connectivity index (χ0v) is 20.0. The van der Waals surface area contributed by atoms with E-state index in [0.717, 1.165) is 34.2 Å². The van der Waals surface area contributed by atoms with E-state index in [9.17, 15) is 4.79 Å². The van der Waals surface area contributed by atoms with Crippen molar-refractivity contribution in [3.05, 3.63) is 72.7 Å². The fourth-order valence-electron chi connectivity index (χ4n) is 3.61. The summed E-state index contributed by atoms with van der Waals surface area (Å²) in [5, 5.41) is 12.6. The van der Waals surface area contributed by atoms with E-state index in [-0.39, 0.29) is 17.7 Å². The van der Waals surface area contributed by atoms with Gasteiger partial charge in [-0.25, -0.2) is 0 Å². The predicted octanol–water partition coefficient (Wildman–Crippen LogP) is 5.66. The van der Waals surface area contributed by atoms with Gasteiger partial charge in [0.25, 0.3) is 0 Å². The molecule has 4 aromatic rings. The van der Waals surface area contributed by atoms with E-state index in [0.29, 0.717) is 5.16 Å². The van der Waals surface area contributed by atoms with Gasteiger partial charge in [-0.15, -0.1) is 10.2 Å². The monoisotopic (exact) mass is 461 g/mol. The Bertz CT molecular complexity index is 1220. The molecule has 0 bridgehead atoms. The van der Waals surface area contributed by atoms with Crippen molar-refractivity contribution < 1.29 is 9.21 Å². The molecular weight excluding hydrogens is 434 g/mol. The van der Waals surface area contributed by atoms with Crippen LogP contribution < -0.4 is 10.2 Å². The third-order valence-electron chi connectivity index (χ3n) is 5.25. The van der Waals surface area contributed by atoms with Crippen molar-refractivity contribution in [2.45, 2.75) is 32.0 Å². The number of hydrogen-bond acceptors (Lipinski definition) is 6. The van der Waals surface area contributed by atoms with Crippen LogP contribution >= 0.6 is 11.8 Å². The van der Waals surface area contributed by atoms with Crippen molar-refractivity contribution in [1.82, 2.24) is 14.8 Å². The van der Waals surface area contributed by atoms with Crippen LogP contribution in [0.2, 0.25) is 0 Å². The molecule has 7 nitrogen and oxygen atoms in total. The Morgan fingerprint density at radius 3 is 2.39 bits per heavy atom.